The van der Waals surface area contributed by atoms with Crippen molar-refractivity contribution in [3.05, 3.63) is 94.2 Å². The van der Waals surface area contributed by atoms with E-state index in [-0.39, 0.29) is 22.7 Å². The van der Waals surface area contributed by atoms with Crippen molar-refractivity contribution in [1.82, 2.24) is 4.57 Å². The Balaban J connectivity index is 1.75. The summed E-state index contributed by atoms with van der Waals surface area (Å²) in [5, 5.41) is 3.48. The number of rotatable bonds is 7. The van der Waals surface area contributed by atoms with Crippen molar-refractivity contribution in [2.24, 2.45) is 0 Å². The number of benzene rings is 3. The van der Waals surface area contributed by atoms with Crippen LogP contribution in [0.4, 0.5) is 5.69 Å². The second kappa shape index (κ2) is 9.70. The van der Waals surface area contributed by atoms with E-state index >= 15 is 0 Å². The van der Waals surface area contributed by atoms with Crippen LogP contribution < -0.4 is 15.5 Å². The molecule has 0 unspecified atom stereocenters. The molecule has 0 atom stereocenters. The van der Waals surface area contributed by atoms with E-state index in [9.17, 15) is 18.0 Å². The Hall–Kier alpha value is -3.62. The highest BCUT2D eigenvalue weighted by atomic mass is 35.5. The first-order valence-corrected chi connectivity index (χ1v) is 12.3. The van der Waals surface area contributed by atoms with Crippen molar-refractivity contribution in [3.8, 4) is 5.75 Å². The molecule has 0 saturated carbocycles. The van der Waals surface area contributed by atoms with Crippen molar-refractivity contribution in [2.75, 3.05) is 11.9 Å². The largest absolute Gasteiger partial charge is 0.494 e. The lowest BCUT2D eigenvalue weighted by molar-refractivity contribution is -0.116. The lowest BCUT2D eigenvalue weighted by Crippen LogP contribution is -2.23. The van der Waals surface area contributed by atoms with E-state index in [4.69, 9.17) is 16.3 Å². The fraction of sp³-hybridized carbons (Fsp3) is 0.120. The highest BCUT2D eigenvalue weighted by molar-refractivity contribution is 7.91. The first-order chi connectivity index (χ1) is 16.3. The number of nitrogens with one attached hydrogen (secondary N) is 1. The van der Waals surface area contributed by atoms with Gasteiger partial charge in [-0.25, -0.2) is 8.42 Å². The molecule has 1 N–H and O–H groups in total. The molecule has 4 aromatic rings. The topological polar surface area (TPSA) is 94.5 Å². The summed E-state index contributed by atoms with van der Waals surface area (Å²) >= 11 is 5.88. The van der Waals surface area contributed by atoms with Crippen molar-refractivity contribution in [2.45, 2.75) is 23.3 Å². The molecule has 0 aliphatic heterocycles. The maximum atomic E-state index is 13.4. The van der Waals surface area contributed by atoms with Gasteiger partial charge in [-0.1, -0.05) is 23.7 Å². The highest BCUT2D eigenvalue weighted by Crippen LogP contribution is 2.23. The van der Waals surface area contributed by atoms with E-state index < -0.39 is 20.2 Å². The third-order valence-electron chi connectivity index (χ3n) is 5.13. The number of nitrogens with zero attached hydrogens (tertiary/aromatic N) is 1. The quantitative estimate of drug-likeness (QED) is 0.406. The smallest absolute Gasteiger partial charge is 0.244 e. The van der Waals surface area contributed by atoms with Crippen LogP contribution in [0, 0.1) is 0 Å². The van der Waals surface area contributed by atoms with Crippen LogP contribution in [0.3, 0.4) is 0 Å². The normalized spacial score (nSPS) is 11.4. The molecule has 4 rings (SSSR count). The maximum absolute atomic E-state index is 13.4. The number of para-hydroxylation sites is 1. The first kappa shape index (κ1) is 23.5. The van der Waals surface area contributed by atoms with Gasteiger partial charge in [0.25, 0.3) is 0 Å². The van der Waals surface area contributed by atoms with E-state index in [0.29, 0.717) is 28.6 Å². The van der Waals surface area contributed by atoms with Gasteiger partial charge in [0.15, 0.2) is 0 Å². The zero-order valence-corrected chi connectivity index (χ0v) is 19.8. The van der Waals surface area contributed by atoms with Crippen molar-refractivity contribution in [1.29, 1.82) is 0 Å². The Bertz CT molecular complexity index is 1510. The molecule has 0 aliphatic rings. The van der Waals surface area contributed by atoms with E-state index in [0.717, 1.165) is 0 Å². The second-order valence-corrected chi connectivity index (χ2v) is 9.78. The molecule has 0 bridgehead atoms. The number of pyridine rings is 1. The molecule has 0 aliphatic carbocycles. The average Bonchev–Trinajstić information content (AvgIpc) is 2.83. The Morgan fingerprint density at radius 2 is 1.68 bits per heavy atom. The Morgan fingerprint density at radius 3 is 2.35 bits per heavy atom. The van der Waals surface area contributed by atoms with E-state index in [2.05, 4.69) is 5.32 Å². The Kier molecular flexibility index (Phi) is 6.72. The van der Waals surface area contributed by atoms with Crippen molar-refractivity contribution < 1.29 is 17.9 Å². The van der Waals surface area contributed by atoms with Crippen LogP contribution in [-0.4, -0.2) is 25.5 Å². The summed E-state index contributed by atoms with van der Waals surface area (Å²) in [4.78, 5) is 25.4. The van der Waals surface area contributed by atoms with E-state index in [1.165, 1.54) is 35.0 Å². The molecule has 0 saturated heterocycles. The summed E-state index contributed by atoms with van der Waals surface area (Å²) in [6.07, 6.45) is 1.22. The van der Waals surface area contributed by atoms with Crippen LogP contribution in [0.1, 0.15) is 6.92 Å². The third kappa shape index (κ3) is 4.83. The minimum Gasteiger partial charge on any atom is -0.494 e. The molecule has 3 aromatic carbocycles. The number of fused-ring (bicyclic) bond motifs is 1. The minimum absolute atomic E-state index is 0.0412. The number of anilines is 1. The van der Waals surface area contributed by atoms with Crippen LogP contribution in [0.5, 0.6) is 5.75 Å². The number of ether oxygens (including phenoxy) is 1. The van der Waals surface area contributed by atoms with Gasteiger partial charge in [0.05, 0.1) is 17.0 Å². The number of aromatic nitrogens is 1. The SMILES string of the molecule is CCOc1ccc(S(=O)(=O)c2cn(CC(=O)Nc3ccc(Cl)cc3)c3ccccc3c2=O)cc1. The van der Waals surface area contributed by atoms with Crippen molar-refractivity contribution in [3.63, 3.8) is 0 Å². The fourth-order valence-electron chi connectivity index (χ4n) is 3.54. The zero-order valence-electron chi connectivity index (χ0n) is 18.2. The summed E-state index contributed by atoms with van der Waals surface area (Å²) in [5.74, 6) is 0.136. The van der Waals surface area contributed by atoms with Gasteiger partial charge in [-0.15, -0.1) is 0 Å². The first-order valence-electron chi connectivity index (χ1n) is 10.4. The van der Waals surface area contributed by atoms with Gasteiger partial charge >= 0.3 is 0 Å². The third-order valence-corrected chi connectivity index (χ3v) is 7.15. The summed E-state index contributed by atoms with van der Waals surface area (Å²) in [5.41, 5.74) is 0.366. The molecule has 9 heteroatoms. The number of sulfone groups is 1. The monoisotopic (exact) mass is 496 g/mol. The molecule has 0 spiro atoms. The van der Waals surface area contributed by atoms with Gasteiger partial charge in [-0.2, -0.15) is 0 Å². The van der Waals surface area contributed by atoms with E-state index in [1.807, 2.05) is 6.92 Å². The summed E-state index contributed by atoms with van der Waals surface area (Å²) in [6, 6.07) is 19.1. The van der Waals surface area contributed by atoms with Crippen LogP contribution in [0.25, 0.3) is 10.9 Å². The van der Waals surface area contributed by atoms with Crippen LogP contribution in [0.2, 0.25) is 5.02 Å². The number of carbonyl (C=O) groups is 1. The number of hydrogen-bond donors (Lipinski definition) is 1. The molecule has 1 heterocycles. The Labute approximate surface area is 201 Å². The van der Waals surface area contributed by atoms with Gasteiger partial charge in [-0.3, -0.25) is 9.59 Å². The number of hydrogen-bond acceptors (Lipinski definition) is 5. The maximum Gasteiger partial charge on any atom is 0.244 e. The standard InChI is InChI=1S/C25H21ClN2O5S/c1-2-33-19-11-13-20(14-12-19)34(31,32)23-15-28(22-6-4-3-5-21(22)25(23)30)16-24(29)27-18-9-7-17(26)8-10-18/h3-15H,2,16H2,1H3,(H,27,29). The summed E-state index contributed by atoms with van der Waals surface area (Å²) < 4.78 is 33.6. The molecule has 0 radical (unpaired) electrons. The predicted octanol–water partition coefficient (Wildman–Crippen LogP) is 4.53. The molecule has 1 aromatic heterocycles. The number of carbonyl (C=O) groups excluding carboxylic acids is 1. The second-order valence-electron chi connectivity index (χ2n) is 7.43. The molecular weight excluding hydrogens is 476 g/mol. The zero-order chi connectivity index (χ0) is 24.3. The highest BCUT2D eigenvalue weighted by Gasteiger charge is 2.24. The average molecular weight is 497 g/mol. The predicted molar refractivity (Wildman–Crippen MR) is 131 cm³/mol. The Morgan fingerprint density at radius 1 is 1.00 bits per heavy atom. The molecule has 1 amide bonds. The molecule has 7 nitrogen and oxygen atoms in total. The van der Waals surface area contributed by atoms with Crippen LogP contribution in [0.15, 0.2) is 93.6 Å². The van der Waals surface area contributed by atoms with Gasteiger partial charge in [0.1, 0.15) is 17.2 Å². The summed E-state index contributed by atoms with van der Waals surface area (Å²) in [7, 11) is -4.15. The number of amides is 1. The van der Waals surface area contributed by atoms with Gasteiger partial charge in [0.2, 0.25) is 21.2 Å². The lowest BCUT2D eigenvalue weighted by atomic mass is 10.2. The molecule has 0 fully saturated rings. The minimum atomic E-state index is -4.15. The van der Waals surface area contributed by atoms with Crippen LogP contribution in [-0.2, 0) is 21.2 Å². The lowest BCUT2D eigenvalue weighted by Gasteiger charge is -2.14. The fourth-order valence-corrected chi connectivity index (χ4v) is 5.03. The molecule has 34 heavy (non-hydrogen) atoms. The van der Waals surface area contributed by atoms with Gasteiger partial charge in [-0.05, 0) is 67.6 Å². The van der Waals surface area contributed by atoms with Gasteiger partial charge in [0, 0.05) is 22.3 Å². The molecular formula is C25H21ClN2O5S. The number of halogens is 1. The van der Waals surface area contributed by atoms with Crippen LogP contribution >= 0.6 is 11.6 Å². The summed E-state index contributed by atoms with van der Waals surface area (Å²) in [6.45, 7) is 2.07. The van der Waals surface area contributed by atoms with E-state index in [1.54, 1.807) is 48.5 Å². The molecule has 174 valence electrons. The van der Waals surface area contributed by atoms with Crippen molar-refractivity contribution >= 4 is 43.9 Å². The van der Waals surface area contributed by atoms with Gasteiger partial charge < -0.3 is 14.6 Å².